The first-order valence-corrected chi connectivity index (χ1v) is 10.4. The molecule has 0 fully saturated rings. The van der Waals surface area contributed by atoms with Crippen LogP contribution in [-0.4, -0.2) is 45.2 Å². The fraction of sp³-hybridized carbons (Fsp3) is 0.348. The van der Waals surface area contributed by atoms with E-state index in [0.717, 1.165) is 40.1 Å². The number of aliphatic hydroxyl groups excluding tert-OH is 1. The summed E-state index contributed by atoms with van der Waals surface area (Å²) in [5, 5.41) is 15.7. The van der Waals surface area contributed by atoms with Crippen molar-refractivity contribution < 1.29 is 9.90 Å². The number of allylic oxidation sites excluding steroid dienone is 1. The summed E-state index contributed by atoms with van der Waals surface area (Å²) in [5.74, 6) is 0.580. The molecule has 0 bridgehead atoms. The van der Waals surface area contributed by atoms with Crippen LogP contribution in [0.1, 0.15) is 42.5 Å². The Bertz CT molecular complexity index is 1070. The van der Waals surface area contributed by atoms with E-state index in [9.17, 15) is 9.90 Å². The SMILES string of the molecule is C/C=C\C(CO)Nc1nc2c(-c3cc4c([nH]3)CCNC4=O)cccc2nc1C.CC. The van der Waals surface area contributed by atoms with E-state index in [1.54, 1.807) is 0 Å². The number of nitrogens with zero attached hydrogens (tertiary/aromatic N) is 2. The number of aliphatic hydroxyl groups is 1. The molecule has 1 aliphatic rings. The monoisotopic (exact) mass is 407 g/mol. The van der Waals surface area contributed by atoms with Crippen molar-refractivity contribution in [2.45, 2.75) is 40.2 Å². The third-order valence-electron chi connectivity index (χ3n) is 4.91. The van der Waals surface area contributed by atoms with E-state index >= 15 is 0 Å². The molecule has 1 aromatic carbocycles. The highest BCUT2D eigenvalue weighted by molar-refractivity contribution is 5.99. The number of amides is 1. The molecular formula is C23H29N5O2. The smallest absolute Gasteiger partial charge is 0.253 e. The van der Waals surface area contributed by atoms with E-state index in [1.807, 2.05) is 64.1 Å². The van der Waals surface area contributed by atoms with Crippen LogP contribution in [0.15, 0.2) is 36.4 Å². The van der Waals surface area contributed by atoms with Crippen molar-refractivity contribution in [3.8, 4) is 11.3 Å². The molecule has 3 aromatic rings. The lowest BCUT2D eigenvalue weighted by Gasteiger charge is -2.15. The Kier molecular flexibility index (Phi) is 6.84. The van der Waals surface area contributed by atoms with Crippen LogP contribution in [0.4, 0.5) is 5.82 Å². The molecule has 158 valence electrons. The Morgan fingerprint density at radius 1 is 1.27 bits per heavy atom. The molecule has 1 unspecified atom stereocenters. The zero-order valence-electron chi connectivity index (χ0n) is 17.9. The molecule has 4 rings (SSSR count). The molecular weight excluding hydrogens is 378 g/mol. The highest BCUT2D eigenvalue weighted by atomic mass is 16.3. The first kappa shape index (κ1) is 21.5. The number of hydrogen-bond donors (Lipinski definition) is 4. The van der Waals surface area contributed by atoms with Gasteiger partial charge in [0.15, 0.2) is 0 Å². The summed E-state index contributed by atoms with van der Waals surface area (Å²) in [6, 6.07) is 7.48. The van der Waals surface area contributed by atoms with Crippen LogP contribution in [0.2, 0.25) is 0 Å². The maximum absolute atomic E-state index is 12.1. The molecule has 0 aliphatic carbocycles. The van der Waals surface area contributed by atoms with Crippen molar-refractivity contribution in [2.24, 2.45) is 0 Å². The number of anilines is 1. The van der Waals surface area contributed by atoms with Gasteiger partial charge in [-0.05, 0) is 26.0 Å². The molecule has 3 heterocycles. The van der Waals surface area contributed by atoms with Crippen LogP contribution in [0.25, 0.3) is 22.3 Å². The Morgan fingerprint density at radius 3 is 2.77 bits per heavy atom. The highest BCUT2D eigenvalue weighted by Crippen LogP contribution is 2.30. The van der Waals surface area contributed by atoms with Gasteiger partial charge in [-0.15, -0.1) is 0 Å². The highest BCUT2D eigenvalue weighted by Gasteiger charge is 2.21. The molecule has 30 heavy (non-hydrogen) atoms. The fourth-order valence-electron chi connectivity index (χ4n) is 3.52. The summed E-state index contributed by atoms with van der Waals surface area (Å²) in [6.07, 6.45) is 4.55. The second-order valence-electron chi connectivity index (χ2n) is 6.87. The van der Waals surface area contributed by atoms with Crippen LogP contribution in [0.3, 0.4) is 0 Å². The summed E-state index contributed by atoms with van der Waals surface area (Å²) in [7, 11) is 0. The summed E-state index contributed by atoms with van der Waals surface area (Å²) < 4.78 is 0. The Hall–Kier alpha value is -3.19. The van der Waals surface area contributed by atoms with Crippen LogP contribution in [0, 0.1) is 6.92 Å². The van der Waals surface area contributed by atoms with Gasteiger partial charge in [0.05, 0.1) is 29.4 Å². The number of nitrogens with one attached hydrogen (secondary N) is 3. The van der Waals surface area contributed by atoms with Gasteiger partial charge in [0.1, 0.15) is 11.3 Å². The van der Waals surface area contributed by atoms with Gasteiger partial charge in [-0.25, -0.2) is 9.97 Å². The van der Waals surface area contributed by atoms with Gasteiger partial charge in [-0.3, -0.25) is 4.79 Å². The molecule has 0 spiro atoms. The average Bonchev–Trinajstić information content (AvgIpc) is 3.20. The molecule has 1 atom stereocenters. The number of hydrogen-bond acceptors (Lipinski definition) is 5. The third-order valence-corrected chi connectivity index (χ3v) is 4.91. The van der Waals surface area contributed by atoms with Crippen molar-refractivity contribution in [1.82, 2.24) is 20.3 Å². The number of aromatic amines is 1. The Labute approximate surface area is 176 Å². The zero-order valence-corrected chi connectivity index (χ0v) is 17.9. The maximum Gasteiger partial charge on any atom is 0.253 e. The predicted octanol–water partition coefficient (Wildman–Crippen LogP) is 3.59. The quantitative estimate of drug-likeness (QED) is 0.484. The molecule has 1 aliphatic heterocycles. The number of fused-ring (bicyclic) bond motifs is 2. The van der Waals surface area contributed by atoms with Gasteiger partial charge in [0.25, 0.3) is 5.91 Å². The molecule has 0 radical (unpaired) electrons. The van der Waals surface area contributed by atoms with Crippen molar-refractivity contribution in [2.75, 3.05) is 18.5 Å². The lowest BCUT2D eigenvalue weighted by molar-refractivity contribution is 0.0946. The third kappa shape index (κ3) is 4.21. The molecule has 1 amide bonds. The molecule has 0 saturated carbocycles. The fourth-order valence-corrected chi connectivity index (χ4v) is 3.52. The molecule has 7 nitrogen and oxygen atoms in total. The number of rotatable bonds is 5. The van der Waals surface area contributed by atoms with Gasteiger partial charge in [0, 0.05) is 29.9 Å². The first-order valence-electron chi connectivity index (χ1n) is 10.4. The summed E-state index contributed by atoms with van der Waals surface area (Å²) in [6.45, 7) is 8.40. The molecule has 7 heteroatoms. The van der Waals surface area contributed by atoms with Gasteiger partial charge in [-0.2, -0.15) is 0 Å². The summed E-state index contributed by atoms with van der Waals surface area (Å²) in [5.41, 5.74) is 5.66. The van der Waals surface area contributed by atoms with Crippen LogP contribution in [-0.2, 0) is 6.42 Å². The normalized spacial score (nSPS) is 14.1. The predicted molar refractivity (Wildman–Crippen MR) is 121 cm³/mol. The molecule has 2 aromatic heterocycles. The number of aromatic nitrogens is 3. The molecule has 4 N–H and O–H groups in total. The largest absolute Gasteiger partial charge is 0.394 e. The van der Waals surface area contributed by atoms with Crippen molar-refractivity contribution >= 4 is 22.8 Å². The van der Waals surface area contributed by atoms with Crippen molar-refractivity contribution in [1.29, 1.82) is 0 Å². The number of aryl methyl sites for hydroxylation is 1. The summed E-state index contributed by atoms with van der Waals surface area (Å²) in [4.78, 5) is 25.0. The van der Waals surface area contributed by atoms with E-state index in [-0.39, 0.29) is 18.6 Å². The topological polar surface area (TPSA) is 103 Å². The number of carbonyl (C=O) groups is 1. The average molecular weight is 408 g/mol. The van der Waals surface area contributed by atoms with Crippen molar-refractivity contribution in [3.63, 3.8) is 0 Å². The van der Waals surface area contributed by atoms with Crippen LogP contribution < -0.4 is 10.6 Å². The minimum absolute atomic E-state index is 0.0381. The lowest BCUT2D eigenvalue weighted by atomic mass is 10.1. The standard InChI is InChI=1S/C21H23N5O2.C2H6/c1-3-5-13(11-27)24-20-12(2)23-17-7-4-6-14(19(17)26-20)18-10-15-16(25-18)8-9-22-21(15)28;1-2/h3-7,10,13,25,27H,8-9,11H2,1-2H3,(H,22,28)(H,24,26);1-2H3/b5-3-;. The van der Waals surface area contributed by atoms with Crippen LogP contribution >= 0.6 is 0 Å². The summed E-state index contributed by atoms with van der Waals surface area (Å²) >= 11 is 0. The Balaban J connectivity index is 0.00000124. The minimum atomic E-state index is -0.232. The molecule has 0 saturated heterocycles. The van der Waals surface area contributed by atoms with Gasteiger partial charge >= 0.3 is 0 Å². The number of carbonyl (C=O) groups excluding carboxylic acids is 1. The second-order valence-corrected chi connectivity index (χ2v) is 6.87. The van der Waals surface area contributed by atoms with E-state index in [0.29, 0.717) is 17.9 Å². The second kappa shape index (κ2) is 9.54. The van der Waals surface area contributed by atoms with E-state index in [2.05, 4.69) is 20.6 Å². The van der Waals surface area contributed by atoms with E-state index < -0.39 is 0 Å². The number of H-pyrrole nitrogens is 1. The Morgan fingerprint density at radius 2 is 2.07 bits per heavy atom. The zero-order chi connectivity index (χ0) is 21.7. The van der Waals surface area contributed by atoms with Gasteiger partial charge in [-0.1, -0.05) is 38.1 Å². The van der Waals surface area contributed by atoms with Gasteiger partial charge < -0.3 is 20.7 Å². The first-order chi connectivity index (χ1) is 14.6. The van der Waals surface area contributed by atoms with Gasteiger partial charge in [0.2, 0.25) is 0 Å². The number of para-hydroxylation sites is 1. The lowest BCUT2D eigenvalue weighted by Crippen LogP contribution is -2.31. The maximum atomic E-state index is 12.1. The van der Waals surface area contributed by atoms with Crippen LogP contribution in [0.5, 0.6) is 0 Å². The van der Waals surface area contributed by atoms with E-state index in [1.165, 1.54) is 0 Å². The van der Waals surface area contributed by atoms with E-state index in [4.69, 9.17) is 4.98 Å². The van der Waals surface area contributed by atoms with Crippen molar-refractivity contribution in [3.05, 3.63) is 53.4 Å². The number of benzene rings is 1. The minimum Gasteiger partial charge on any atom is -0.394 e.